The predicted molar refractivity (Wildman–Crippen MR) is 133 cm³/mol. The molecular formula is C26H21FN8. The molecule has 0 saturated heterocycles. The van der Waals surface area contributed by atoms with Gasteiger partial charge in [-0.3, -0.25) is 10.1 Å². The number of aromatic nitrogens is 7. The van der Waals surface area contributed by atoms with E-state index in [2.05, 4.69) is 41.1 Å². The lowest BCUT2D eigenvalue weighted by atomic mass is 10.1. The van der Waals surface area contributed by atoms with Crippen molar-refractivity contribution in [3.05, 3.63) is 78.5 Å². The van der Waals surface area contributed by atoms with Gasteiger partial charge in [-0.15, -0.1) is 0 Å². The summed E-state index contributed by atoms with van der Waals surface area (Å²) in [5.41, 5.74) is 7.99. The Morgan fingerprint density at radius 2 is 1.80 bits per heavy atom. The molecule has 0 radical (unpaired) electrons. The molecule has 5 aromatic heterocycles. The maximum Gasteiger partial charge on any atom is 0.178 e. The molecule has 0 saturated carbocycles. The van der Waals surface area contributed by atoms with Gasteiger partial charge in [-0.05, 0) is 61.6 Å². The van der Waals surface area contributed by atoms with Crippen molar-refractivity contribution >= 4 is 22.2 Å². The van der Waals surface area contributed by atoms with E-state index in [0.29, 0.717) is 22.7 Å². The molecule has 0 unspecified atom stereocenters. The standard InChI is InChI=1S/C26H21FN8/c1-35(2)14-15-11-17(13-28-12-15)20-7-8-21-23(30-20)24(34-33-21)26-31-22-19(9-10-29-25(22)32-26)16-3-5-18(27)6-4-16/h3-13H,14H2,1-2H3,(H,33,34)(H,29,31,32). The molecule has 0 aliphatic heterocycles. The third-order valence-electron chi connectivity index (χ3n) is 5.77. The molecule has 6 rings (SSSR count). The van der Waals surface area contributed by atoms with Crippen molar-refractivity contribution in [3.63, 3.8) is 0 Å². The van der Waals surface area contributed by atoms with Crippen molar-refractivity contribution in [2.75, 3.05) is 14.1 Å². The number of fused-ring (bicyclic) bond motifs is 2. The van der Waals surface area contributed by atoms with E-state index >= 15 is 0 Å². The first-order valence-corrected chi connectivity index (χ1v) is 11.1. The van der Waals surface area contributed by atoms with E-state index in [4.69, 9.17) is 4.98 Å². The fourth-order valence-electron chi connectivity index (χ4n) is 4.20. The molecule has 5 heterocycles. The number of nitrogens with one attached hydrogen (secondary N) is 2. The number of halogens is 1. The van der Waals surface area contributed by atoms with Gasteiger partial charge in [0.15, 0.2) is 17.2 Å². The van der Waals surface area contributed by atoms with Crippen molar-refractivity contribution in [1.29, 1.82) is 0 Å². The highest BCUT2D eigenvalue weighted by Gasteiger charge is 2.17. The summed E-state index contributed by atoms with van der Waals surface area (Å²) < 4.78 is 13.4. The molecule has 0 amide bonds. The van der Waals surface area contributed by atoms with E-state index in [0.717, 1.165) is 45.5 Å². The fourth-order valence-corrected chi connectivity index (χ4v) is 4.20. The monoisotopic (exact) mass is 464 g/mol. The molecule has 9 heteroatoms. The molecule has 172 valence electrons. The van der Waals surface area contributed by atoms with Crippen LogP contribution < -0.4 is 0 Å². The van der Waals surface area contributed by atoms with Crippen LogP contribution in [-0.2, 0) is 6.54 Å². The lowest BCUT2D eigenvalue weighted by molar-refractivity contribution is 0.402. The molecule has 0 atom stereocenters. The van der Waals surface area contributed by atoms with Gasteiger partial charge in [-0.25, -0.2) is 19.3 Å². The van der Waals surface area contributed by atoms with Crippen LogP contribution in [0.4, 0.5) is 4.39 Å². The van der Waals surface area contributed by atoms with E-state index in [-0.39, 0.29) is 5.82 Å². The summed E-state index contributed by atoms with van der Waals surface area (Å²) in [6.07, 6.45) is 5.37. The van der Waals surface area contributed by atoms with Gasteiger partial charge in [0.05, 0.1) is 16.7 Å². The summed E-state index contributed by atoms with van der Waals surface area (Å²) in [5.74, 6) is 0.272. The van der Waals surface area contributed by atoms with E-state index in [1.165, 1.54) is 12.1 Å². The second-order valence-electron chi connectivity index (χ2n) is 8.63. The molecular weight excluding hydrogens is 443 g/mol. The van der Waals surface area contributed by atoms with Gasteiger partial charge < -0.3 is 9.88 Å². The summed E-state index contributed by atoms with van der Waals surface area (Å²) >= 11 is 0. The van der Waals surface area contributed by atoms with Crippen molar-refractivity contribution in [2.24, 2.45) is 0 Å². The minimum Gasteiger partial charge on any atom is -0.335 e. The Bertz CT molecular complexity index is 1670. The van der Waals surface area contributed by atoms with Crippen LogP contribution in [0, 0.1) is 5.82 Å². The van der Waals surface area contributed by atoms with Crippen LogP contribution in [0.3, 0.4) is 0 Å². The quantitative estimate of drug-likeness (QED) is 0.379. The minimum absolute atomic E-state index is 0.281. The van der Waals surface area contributed by atoms with Crippen molar-refractivity contribution in [2.45, 2.75) is 6.54 Å². The van der Waals surface area contributed by atoms with Crippen molar-refractivity contribution in [3.8, 4) is 33.9 Å². The van der Waals surface area contributed by atoms with Crippen molar-refractivity contribution in [1.82, 2.24) is 40.0 Å². The highest BCUT2D eigenvalue weighted by atomic mass is 19.1. The molecule has 0 aliphatic carbocycles. The largest absolute Gasteiger partial charge is 0.335 e. The zero-order chi connectivity index (χ0) is 23.9. The first-order valence-electron chi connectivity index (χ1n) is 11.1. The smallest absolute Gasteiger partial charge is 0.178 e. The number of nitrogens with zero attached hydrogens (tertiary/aromatic N) is 6. The van der Waals surface area contributed by atoms with E-state index in [1.807, 2.05) is 44.7 Å². The Labute approximate surface area is 199 Å². The Morgan fingerprint density at radius 1 is 0.943 bits per heavy atom. The fraction of sp³-hybridized carbons (Fsp3) is 0.115. The Balaban J connectivity index is 1.44. The van der Waals surface area contributed by atoms with Gasteiger partial charge in [0, 0.05) is 36.3 Å². The second-order valence-corrected chi connectivity index (χ2v) is 8.63. The zero-order valence-electron chi connectivity index (χ0n) is 19.1. The number of hydrogen-bond donors (Lipinski definition) is 2. The molecule has 8 nitrogen and oxygen atoms in total. The van der Waals surface area contributed by atoms with Crippen LogP contribution in [-0.4, -0.2) is 54.1 Å². The summed E-state index contributed by atoms with van der Waals surface area (Å²) in [7, 11) is 4.05. The van der Waals surface area contributed by atoms with Gasteiger partial charge in [0.1, 0.15) is 11.3 Å². The molecule has 2 N–H and O–H groups in total. The van der Waals surface area contributed by atoms with Crippen LogP contribution >= 0.6 is 0 Å². The van der Waals surface area contributed by atoms with Gasteiger partial charge in [-0.2, -0.15) is 5.10 Å². The molecule has 0 spiro atoms. The number of H-pyrrole nitrogens is 2. The molecule has 0 aliphatic rings. The summed E-state index contributed by atoms with van der Waals surface area (Å²) in [5, 5.41) is 7.53. The highest BCUT2D eigenvalue weighted by Crippen LogP contribution is 2.31. The summed E-state index contributed by atoms with van der Waals surface area (Å²) in [6, 6.07) is 14.2. The van der Waals surface area contributed by atoms with Crippen LogP contribution in [0.2, 0.25) is 0 Å². The van der Waals surface area contributed by atoms with Gasteiger partial charge in [0.25, 0.3) is 0 Å². The number of pyridine rings is 3. The Kier molecular flexibility index (Phi) is 5.04. The van der Waals surface area contributed by atoms with Gasteiger partial charge >= 0.3 is 0 Å². The second kappa shape index (κ2) is 8.37. The molecule has 0 bridgehead atoms. The van der Waals surface area contributed by atoms with Crippen LogP contribution in [0.5, 0.6) is 0 Å². The number of hydrogen-bond acceptors (Lipinski definition) is 6. The third-order valence-corrected chi connectivity index (χ3v) is 5.77. The molecule has 35 heavy (non-hydrogen) atoms. The predicted octanol–water partition coefficient (Wildman–Crippen LogP) is 4.83. The van der Waals surface area contributed by atoms with Crippen LogP contribution in [0.25, 0.3) is 56.1 Å². The van der Waals surface area contributed by atoms with Crippen LogP contribution in [0.1, 0.15) is 5.56 Å². The SMILES string of the molecule is CN(C)Cc1cncc(-c2ccc3[nH]nc(-c4nc5nccc(-c6ccc(F)cc6)c5[nH]4)c3n2)c1. The van der Waals surface area contributed by atoms with Crippen LogP contribution in [0.15, 0.2) is 67.1 Å². The Morgan fingerprint density at radius 3 is 2.63 bits per heavy atom. The molecule has 6 aromatic rings. The zero-order valence-corrected chi connectivity index (χ0v) is 19.1. The Hall–Kier alpha value is -4.50. The average Bonchev–Trinajstić information content (AvgIpc) is 3.48. The first-order chi connectivity index (χ1) is 17.0. The first kappa shape index (κ1) is 21.1. The van der Waals surface area contributed by atoms with Gasteiger partial charge in [0.2, 0.25) is 0 Å². The van der Waals surface area contributed by atoms with E-state index in [1.54, 1.807) is 18.3 Å². The molecule has 1 aromatic carbocycles. The summed E-state index contributed by atoms with van der Waals surface area (Å²) in [4.78, 5) is 23.8. The topological polar surface area (TPSA) is 99.3 Å². The normalized spacial score (nSPS) is 11.7. The number of imidazole rings is 1. The average molecular weight is 465 g/mol. The number of aromatic amines is 2. The van der Waals surface area contributed by atoms with E-state index < -0.39 is 0 Å². The van der Waals surface area contributed by atoms with E-state index in [9.17, 15) is 4.39 Å². The highest BCUT2D eigenvalue weighted by molar-refractivity contribution is 5.94. The summed E-state index contributed by atoms with van der Waals surface area (Å²) in [6.45, 7) is 0.794. The molecule has 0 fully saturated rings. The third kappa shape index (κ3) is 3.91. The number of benzene rings is 1. The number of rotatable bonds is 5. The minimum atomic E-state index is -0.281. The maximum absolute atomic E-state index is 13.4. The lowest BCUT2D eigenvalue weighted by Gasteiger charge is -2.10. The maximum atomic E-state index is 13.4. The lowest BCUT2D eigenvalue weighted by Crippen LogP contribution is -2.10. The van der Waals surface area contributed by atoms with Crippen molar-refractivity contribution < 1.29 is 4.39 Å². The van der Waals surface area contributed by atoms with Gasteiger partial charge in [-0.1, -0.05) is 12.1 Å².